The summed E-state index contributed by atoms with van der Waals surface area (Å²) in [5.41, 5.74) is 4.02. The first kappa shape index (κ1) is 18.2. The molecule has 0 bridgehead atoms. The quantitative estimate of drug-likeness (QED) is 0.777. The second kappa shape index (κ2) is 8.17. The van der Waals surface area contributed by atoms with Crippen LogP contribution in [0.1, 0.15) is 29.8 Å². The van der Waals surface area contributed by atoms with Crippen molar-refractivity contribution in [2.45, 2.75) is 39.3 Å². The molecule has 1 aromatic carbocycles. The second-order valence-electron chi connectivity index (χ2n) is 6.30. The number of nitrogens with zero attached hydrogens (tertiary/aromatic N) is 2. The van der Waals surface area contributed by atoms with E-state index in [0.717, 1.165) is 53.7 Å². The Hall–Kier alpha value is -1.63. The smallest absolute Gasteiger partial charge is 0.170 e. The van der Waals surface area contributed by atoms with Gasteiger partial charge in [-0.05, 0) is 56.6 Å². The molecule has 7 heteroatoms. The number of aryl methyl sites for hydroxylation is 1. The average Bonchev–Trinajstić information content (AvgIpc) is 3.17. The molecule has 1 saturated heterocycles. The van der Waals surface area contributed by atoms with E-state index in [0.29, 0.717) is 11.7 Å². The van der Waals surface area contributed by atoms with E-state index in [1.165, 1.54) is 0 Å². The molecule has 0 saturated carbocycles. The summed E-state index contributed by atoms with van der Waals surface area (Å²) in [5, 5.41) is 12.5. The van der Waals surface area contributed by atoms with Crippen molar-refractivity contribution in [3.05, 3.63) is 46.2 Å². The minimum atomic E-state index is 0.257. The molecule has 25 heavy (non-hydrogen) atoms. The fourth-order valence-electron chi connectivity index (χ4n) is 3.01. The second-order valence-corrected chi connectivity index (χ2v) is 7.15. The van der Waals surface area contributed by atoms with Crippen molar-refractivity contribution in [2.75, 3.05) is 18.5 Å². The van der Waals surface area contributed by atoms with Crippen molar-refractivity contribution in [3.8, 4) is 0 Å². The minimum absolute atomic E-state index is 0.257. The van der Waals surface area contributed by atoms with Crippen molar-refractivity contribution in [1.82, 2.24) is 15.1 Å². The molecule has 0 spiro atoms. The topological polar surface area (TPSA) is 51.1 Å². The maximum absolute atomic E-state index is 6.07. The first-order chi connectivity index (χ1) is 12.0. The Labute approximate surface area is 158 Å². The molecule has 134 valence electrons. The lowest BCUT2D eigenvalue weighted by molar-refractivity contribution is 0.114. The molecule has 1 aromatic heterocycles. The third-order valence-electron chi connectivity index (χ3n) is 4.36. The van der Waals surface area contributed by atoms with Crippen LogP contribution in [-0.4, -0.2) is 34.1 Å². The summed E-state index contributed by atoms with van der Waals surface area (Å²) < 4.78 is 7.57. The zero-order chi connectivity index (χ0) is 17.8. The van der Waals surface area contributed by atoms with Crippen molar-refractivity contribution in [1.29, 1.82) is 0 Å². The van der Waals surface area contributed by atoms with Gasteiger partial charge >= 0.3 is 0 Å². The summed E-state index contributed by atoms with van der Waals surface area (Å²) >= 11 is 11.5. The zero-order valence-electron chi connectivity index (χ0n) is 14.5. The third kappa shape index (κ3) is 4.71. The van der Waals surface area contributed by atoms with Crippen LogP contribution >= 0.6 is 23.8 Å². The Morgan fingerprint density at radius 2 is 2.28 bits per heavy atom. The van der Waals surface area contributed by atoms with Gasteiger partial charge in [0.25, 0.3) is 0 Å². The summed E-state index contributed by atoms with van der Waals surface area (Å²) in [4.78, 5) is 0. The third-order valence-corrected chi connectivity index (χ3v) is 4.84. The lowest BCUT2D eigenvalue weighted by Crippen LogP contribution is -2.35. The number of nitrogens with one attached hydrogen (secondary N) is 2. The summed E-state index contributed by atoms with van der Waals surface area (Å²) in [6, 6.07) is 7.83. The molecule has 0 aliphatic carbocycles. The first-order valence-corrected chi connectivity index (χ1v) is 9.26. The Bertz CT molecular complexity index is 756. The van der Waals surface area contributed by atoms with Crippen molar-refractivity contribution in [2.24, 2.45) is 0 Å². The van der Waals surface area contributed by atoms with E-state index >= 15 is 0 Å². The number of aromatic nitrogens is 2. The maximum atomic E-state index is 6.07. The Morgan fingerprint density at radius 3 is 3.00 bits per heavy atom. The van der Waals surface area contributed by atoms with Gasteiger partial charge in [0.1, 0.15) is 0 Å². The van der Waals surface area contributed by atoms with E-state index in [9.17, 15) is 0 Å². The predicted octanol–water partition coefficient (Wildman–Crippen LogP) is 3.67. The number of ether oxygens (including phenoxy) is 1. The molecule has 0 radical (unpaired) electrons. The molecule has 0 amide bonds. The molecule has 5 nitrogen and oxygen atoms in total. The molecule has 2 N–H and O–H groups in total. The molecular formula is C18H23ClN4OS. The summed E-state index contributed by atoms with van der Waals surface area (Å²) in [7, 11) is 0. The van der Waals surface area contributed by atoms with E-state index < -0.39 is 0 Å². The van der Waals surface area contributed by atoms with Gasteiger partial charge in [-0.1, -0.05) is 23.7 Å². The van der Waals surface area contributed by atoms with Crippen LogP contribution in [0, 0.1) is 13.8 Å². The van der Waals surface area contributed by atoms with Gasteiger partial charge in [-0.2, -0.15) is 5.10 Å². The van der Waals surface area contributed by atoms with Crippen molar-refractivity contribution in [3.63, 3.8) is 0 Å². The average molecular weight is 379 g/mol. The minimum Gasteiger partial charge on any atom is -0.376 e. The van der Waals surface area contributed by atoms with Gasteiger partial charge in [-0.25, -0.2) is 0 Å². The number of rotatable bonds is 5. The highest BCUT2D eigenvalue weighted by Crippen LogP contribution is 2.21. The zero-order valence-corrected chi connectivity index (χ0v) is 16.1. The van der Waals surface area contributed by atoms with Gasteiger partial charge in [0.05, 0.1) is 29.7 Å². The van der Waals surface area contributed by atoms with Crippen LogP contribution in [0.15, 0.2) is 24.3 Å². The van der Waals surface area contributed by atoms with Gasteiger partial charge in [-0.3, -0.25) is 4.68 Å². The highest BCUT2D eigenvalue weighted by atomic mass is 35.5. The SMILES string of the molecule is Cc1nn(Cc2cccc(Cl)c2)c(C)c1NC(=S)NCC1CCCO1. The largest absolute Gasteiger partial charge is 0.376 e. The molecule has 2 heterocycles. The molecule has 3 rings (SSSR count). The molecule has 1 atom stereocenters. The van der Waals surface area contributed by atoms with Gasteiger partial charge in [-0.15, -0.1) is 0 Å². The van der Waals surface area contributed by atoms with E-state index in [2.05, 4.69) is 15.7 Å². The van der Waals surface area contributed by atoms with E-state index in [4.69, 9.17) is 28.6 Å². The lowest BCUT2D eigenvalue weighted by Gasteiger charge is -2.14. The standard InChI is InChI=1S/C18H23ClN4OS/c1-12-17(21-18(25)20-10-16-7-4-8-24-16)13(2)23(22-12)11-14-5-3-6-15(19)9-14/h3,5-6,9,16H,4,7-8,10-11H2,1-2H3,(H2,20,21,25). The summed E-state index contributed by atoms with van der Waals surface area (Å²) in [6.45, 7) is 6.27. The van der Waals surface area contributed by atoms with Crippen LogP contribution in [0.25, 0.3) is 0 Å². The van der Waals surface area contributed by atoms with E-state index in [1.807, 2.05) is 42.8 Å². The number of hydrogen-bond donors (Lipinski definition) is 2. The van der Waals surface area contributed by atoms with Crippen LogP contribution in [0.2, 0.25) is 5.02 Å². The molecular weight excluding hydrogens is 356 g/mol. The molecule has 2 aromatic rings. The monoisotopic (exact) mass is 378 g/mol. The highest BCUT2D eigenvalue weighted by Gasteiger charge is 2.17. The van der Waals surface area contributed by atoms with Gasteiger partial charge in [0.15, 0.2) is 5.11 Å². The van der Waals surface area contributed by atoms with Crippen LogP contribution in [0.3, 0.4) is 0 Å². The van der Waals surface area contributed by atoms with Gasteiger partial charge in [0.2, 0.25) is 0 Å². The molecule has 1 aliphatic heterocycles. The number of anilines is 1. The normalized spacial score (nSPS) is 16.8. The highest BCUT2D eigenvalue weighted by molar-refractivity contribution is 7.80. The molecule has 1 aliphatic rings. The Balaban J connectivity index is 1.63. The van der Waals surface area contributed by atoms with Gasteiger partial charge in [0, 0.05) is 18.2 Å². The first-order valence-electron chi connectivity index (χ1n) is 8.48. The molecule has 1 unspecified atom stereocenters. The Morgan fingerprint density at radius 1 is 1.44 bits per heavy atom. The van der Waals surface area contributed by atoms with Crippen LogP contribution in [-0.2, 0) is 11.3 Å². The number of halogens is 1. The predicted molar refractivity (Wildman–Crippen MR) is 105 cm³/mol. The van der Waals surface area contributed by atoms with Crippen LogP contribution in [0.5, 0.6) is 0 Å². The van der Waals surface area contributed by atoms with Crippen LogP contribution in [0.4, 0.5) is 5.69 Å². The Kier molecular flexibility index (Phi) is 5.93. The summed E-state index contributed by atoms with van der Waals surface area (Å²) in [5.74, 6) is 0. The number of thiocarbonyl (C=S) groups is 1. The lowest BCUT2D eigenvalue weighted by atomic mass is 10.2. The number of hydrogen-bond acceptors (Lipinski definition) is 3. The van der Waals surface area contributed by atoms with E-state index in [-0.39, 0.29) is 6.10 Å². The van der Waals surface area contributed by atoms with E-state index in [1.54, 1.807) is 0 Å². The molecule has 1 fully saturated rings. The van der Waals surface area contributed by atoms with Crippen molar-refractivity contribution >= 4 is 34.6 Å². The maximum Gasteiger partial charge on any atom is 0.170 e. The summed E-state index contributed by atoms with van der Waals surface area (Å²) in [6.07, 6.45) is 2.47. The fourth-order valence-corrected chi connectivity index (χ4v) is 3.41. The van der Waals surface area contributed by atoms with Crippen LogP contribution < -0.4 is 10.6 Å². The van der Waals surface area contributed by atoms with Crippen molar-refractivity contribution < 1.29 is 4.74 Å². The fraction of sp³-hybridized carbons (Fsp3) is 0.444. The number of benzene rings is 1. The van der Waals surface area contributed by atoms with Gasteiger partial charge < -0.3 is 15.4 Å².